The molecule has 27 heavy (non-hydrogen) atoms. The van der Waals surface area contributed by atoms with Gasteiger partial charge in [-0.25, -0.2) is 0 Å². The van der Waals surface area contributed by atoms with Gasteiger partial charge in [0.1, 0.15) is 6.04 Å². The average Bonchev–Trinajstić information content (AvgIpc) is 3.25. The number of hydrogen-bond donors (Lipinski definition) is 1. The van der Waals surface area contributed by atoms with Gasteiger partial charge < -0.3 is 19.1 Å². The lowest BCUT2D eigenvalue weighted by Gasteiger charge is -2.11. The van der Waals surface area contributed by atoms with Crippen molar-refractivity contribution in [2.24, 2.45) is 0 Å². The molecule has 0 saturated carbocycles. The first kappa shape index (κ1) is 18.8. The Bertz CT molecular complexity index is 915. The fraction of sp³-hybridized carbons (Fsp3) is 0.350. The highest BCUT2D eigenvalue weighted by Gasteiger charge is 2.21. The molecule has 1 aromatic carbocycles. The minimum atomic E-state index is -0.388. The molecule has 7 heteroatoms. The van der Waals surface area contributed by atoms with E-state index in [-0.39, 0.29) is 11.9 Å². The Morgan fingerprint density at radius 1 is 1.30 bits per heavy atom. The van der Waals surface area contributed by atoms with Crippen molar-refractivity contribution < 1.29 is 14.1 Å². The molecule has 0 radical (unpaired) electrons. The molecule has 0 bridgehead atoms. The van der Waals surface area contributed by atoms with Crippen molar-refractivity contribution in [1.82, 2.24) is 20.0 Å². The van der Waals surface area contributed by atoms with Gasteiger partial charge in [0.2, 0.25) is 5.89 Å². The average molecular weight is 368 g/mol. The molecule has 2 heterocycles. The molecular formula is C20H24N4O3. The van der Waals surface area contributed by atoms with Gasteiger partial charge in [-0.1, -0.05) is 23.4 Å². The number of aromatic nitrogens is 3. The number of carbonyl (C=O) groups is 1. The summed E-state index contributed by atoms with van der Waals surface area (Å²) in [6, 6.07) is 11.5. The summed E-state index contributed by atoms with van der Waals surface area (Å²) >= 11 is 0. The summed E-state index contributed by atoms with van der Waals surface area (Å²) in [4.78, 5) is 17.1. The number of amides is 1. The van der Waals surface area contributed by atoms with Crippen LogP contribution in [0.2, 0.25) is 0 Å². The maximum Gasteiger partial charge on any atom is 0.253 e. The van der Waals surface area contributed by atoms with Crippen molar-refractivity contribution in [3.05, 3.63) is 65.1 Å². The summed E-state index contributed by atoms with van der Waals surface area (Å²) < 4.78 is 12.3. The fourth-order valence-electron chi connectivity index (χ4n) is 3.04. The zero-order valence-corrected chi connectivity index (χ0v) is 16.0. The number of para-hydroxylation sites is 1. The third-order valence-corrected chi connectivity index (χ3v) is 4.42. The van der Waals surface area contributed by atoms with Crippen LogP contribution in [0, 0.1) is 13.8 Å². The minimum Gasteiger partial charge on any atom is -0.384 e. The number of ether oxygens (including phenoxy) is 1. The van der Waals surface area contributed by atoms with E-state index < -0.39 is 0 Å². The van der Waals surface area contributed by atoms with Crippen LogP contribution in [0.5, 0.6) is 0 Å². The summed E-state index contributed by atoms with van der Waals surface area (Å²) in [6.45, 7) is 6.27. The van der Waals surface area contributed by atoms with Crippen molar-refractivity contribution in [2.75, 3.05) is 13.7 Å². The smallest absolute Gasteiger partial charge is 0.253 e. The summed E-state index contributed by atoms with van der Waals surface area (Å²) in [5.41, 5.74) is 3.53. The topological polar surface area (TPSA) is 82.2 Å². The summed E-state index contributed by atoms with van der Waals surface area (Å²) in [6.07, 6.45) is 0.568. The number of rotatable bonds is 7. The molecule has 1 unspecified atom stereocenters. The SMILES string of the molecule is COCCc1noc(C(C)NC(=O)c2cc(C)n(-c3ccccc3)c2C)n1. The van der Waals surface area contributed by atoms with Gasteiger partial charge in [0.05, 0.1) is 12.2 Å². The van der Waals surface area contributed by atoms with E-state index in [4.69, 9.17) is 9.26 Å². The van der Waals surface area contributed by atoms with Gasteiger partial charge in [0, 0.05) is 30.6 Å². The number of hydrogen-bond acceptors (Lipinski definition) is 5. The first-order valence-corrected chi connectivity index (χ1v) is 8.88. The Kier molecular flexibility index (Phi) is 5.71. The molecule has 142 valence electrons. The molecule has 0 aliphatic rings. The van der Waals surface area contributed by atoms with Gasteiger partial charge in [-0.05, 0) is 39.0 Å². The molecule has 0 fully saturated rings. The van der Waals surface area contributed by atoms with E-state index in [0.29, 0.717) is 30.3 Å². The van der Waals surface area contributed by atoms with Gasteiger partial charge in [-0.3, -0.25) is 4.79 Å². The van der Waals surface area contributed by atoms with Crippen LogP contribution in [0.3, 0.4) is 0 Å². The van der Waals surface area contributed by atoms with Crippen LogP contribution in [-0.2, 0) is 11.2 Å². The minimum absolute atomic E-state index is 0.172. The van der Waals surface area contributed by atoms with Gasteiger partial charge in [0.25, 0.3) is 5.91 Å². The zero-order chi connectivity index (χ0) is 19.4. The second kappa shape index (κ2) is 8.18. The molecule has 3 rings (SSSR count). The molecule has 1 amide bonds. The van der Waals surface area contributed by atoms with Crippen LogP contribution in [-0.4, -0.2) is 34.3 Å². The van der Waals surface area contributed by atoms with Gasteiger partial charge in [0.15, 0.2) is 5.82 Å². The molecule has 0 saturated heterocycles. The number of aryl methyl sites for hydroxylation is 1. The second-order valence-corrected chi connectivity index (χ2v) is 6.44. The van der Waals surface area contributed by atoms with E-state index in [1.807, 2.05) is 57.2 Å². The molecule has 0 aliphatic heterocycles. The van der Waals surface area contributed by atoms with Crippen molar-refractivity contribution in [3.63, 3.8) is 0 Å². The highest BCUT2D eigenvalue weighted by molar-refractivity contribution is 5.96. The maximum atomic E-state index is 12.8. The van der Waals surface area contributed by atoms with E-state index >= 15 is 0 Å². The van der Waals surface area contributed by atoms with Gasteiger partial charge in [-0.2, -0.15) is 4.98 Å². The van der Waals surface area contributed by atoms with E-state index in [1.54, 1.807) is 7.11 Å². The molecule has 7 nitrogen and oxygen atoms in total. The lowest BCUT2D eigenvalue weighted by Crippen LogP contribution is -2.27. The van der Waals surface area contributed by atoms with Crippen molar-refractivity contribution >= 4 is 5.91 Å². The first-order valence-electron chi connectivity index (χ1n) is 8.88. The standard InChI is InChI=1S/C20H24N4O3/c1-13-12-17(15(3)24(13)16-8-6-5-7-9-16)19(25)21-14(2)20-22-18(23-27-20)10-11-26-4/h5-9,12,14H,10-11H2,1-4H3,(H,21,25). The number of nitrogens with zero attached hydrogens (tertiary/aromatic N) is 3. The van der Waals surface area contributed by atoms with Crippen LogP contribution in [0.4, 0.5) is 0 Å². The highest BCUT2D eigenvalue weighted by Crippen LogP contribution is 2.21. The largest absolute Gasteiger partial charge is 0.384 e. The van der Waals surface area contributed by atoms with Gasteiger partial charge in [-0.15, -0.1) is 0 Å². The third-order valence-electron chi connectivity index (χ3n) is 4.42. The first-order chi connectivity index (χ1) is 13.0. The zero-order valence-electron chi connectivity index (χ0n) is 16.0. The monoisotopic (exact) mass is 368 g/mol. The Labute approximate surface area is 158 Å². The number of carbonyl (C=O) groups excluding carboxylic acids is 1. The highest BCUT2D eigenvalue weighted by atomic mass is 16.5. The van der Waals surface area contributed by atoms with Crippen LogP contribution in [0.25, 0.3) is 5.69 Å². The van der Waals surface area contributed by atoms with E-state index in [0.717, 1.165) is 17.1 Å². The Morgan fingerprint density at radius 2 is 2.04 bits per heavy atom. The van der Waals surface area contributed by atoms with Crippen LogP contribution in [0.1, 0.15) is 46.4 Å². The van der Waals surface area contributed by atoms with Crippen molar-refractivity contribution in [1.29, 1.82) is 0 Å². The lowest BCUT2D eigenvalue weighted by molar-refractivity contribution is 0.0932. The molecular weight excluding hydrogens is 344 g/mol. The molecule has 1 atom stereocenters. The van der Waals surface area contributed by atoms with Gasteiger partial charge >= 0.3 is 0 Å². The Hall–Kier alpha value is -2.93. The van der Waals surface area contributed by atoms with Crippen LogP contribution >= 0.6 is 0 Å². The molecule has 0 spiro atoms. The molecule has 2 aromatic heterocycles. The lowest BCUT2D eigenvalue weighted by atomic mass is 10.2. The predicted octanol–water partition coefficient (Wildman–Crippen LogP) is 3.16. The number of nitrogens with one attached hydrogen (secondary N) is 1. The van der Waals surface area contributed by atoms with Crippen LogP contribution < -0.4 is 5.32 Å². The van der Waals surface area contributed by atoms with E-state index in [2.05, 4.69) is 20.0 Å². The van der Waals surface area contributed by atoms with E-state index in [1.165, 1.54) is 0 Å². The fourth-order valence-corrected chi connectivity index (χ4v) is 3.04. The van der Waals surface area contributed by atoms with Crippen molar-refractivity contribution in [2.45, 2.75) is 33.2 Å². The Morgan fingerprint density at radius 3 is 2.74 bits per heavy atom. The quantitative estimate of drug-likeness (QED) is 0.693. The van der Waals surface area contributed by atoms with Crippen molar-refractivity contribution in [3.8, 4) is 5.69 Å². The normalized spacial score (nSPS) is 12.1. The number of methoxy groups -OCH3 is 1. The summed E-state index contributed by atoms with van der Waals surface area (Å²) in [7, 11) is 1.62. The molecule has 3 aromatic rings. The predicted molar refractivity (Wildman–Crippen MR) is 101 cm³/mol. The Balaban J connectivity index is 1.76. The number of benzene rings is 1. The van der Waals surface area contributed by atoms with Crippen LogP contribution in [0.15, 0.2) is 40.9 Å². The third kappa shape index (κ3) is 4.09. The molecule has 1 N–H and O–H groups in total. The molecule has 0 aliphatic carbocycles. The maximum absolute atomic E-state index is 12.8. The van der Waals surface area contributed by atoms with E-state index in [9.17, 15) is 4.79 Å². The second-order valence-electron chi connectivity index (χ2n) is 6.44. The summed E-state index contributed by atoms with van der Waals surface area (Å²) in [5, 5.41) is 6.84. The summed E-state index contributed by atoms with van der Waals surface area (Å²) in [5.74, 6) is 0.774.